The molecule has 3 heteroatoms. The quantitative estimate of drug-likeness (QED) is 0.673. The van der Waals surface area contributed by atoms with Gasteiger partial charge in [0.25, 0.3) is 0 Å². The molecule has 1 amide bonds. The maximum atomic E-state index is 12.2. The SMILES string of the molecule is CC(C)(C)C(=O)N1CCCCCC1CBr. The predicted octanol–water partition coefficient (Wildman–Crippen LogP) is 3.20. The van der Waals surface area contributed by atoms with Crippen LogP contribution in [0.3, 0.4) is 0 Å². The highest BCUT2D eigenvalue weighted by Gasteiger charge is 2.31. The second-order valence-electron chi connectivity index (χ2n) is 5.41. The predicted molar refractivity (Wildman–Crippen MR) is 67.2 cm³/mol. The third-order valence-corrected chi connectivity index (χ3v) is 3.71. The molecule has 1 unspecified atom stereocenters. The van der Waals surface area contributed by atoms with Gasteiger partial charge in [0.15, 0.2) is 0 Å². The Morgan fingerprint density at radius 2 is 2.00 bits per heavy atom. The van der Waals surface area contributed by atoms with E-state index in [1.54, 1.807) is 0 Å². The van der Waals surface area contributed by atoms with Crippen molar-refractivity contribution in [1.82, 2.24) is 4.90 Å². The molecule has 1 fully saturated rings. The molecule has 88 valence electrons. The van der Waals surface area contributed by atoms with Gasteiger partial charge in [-0.25, -0.2) is 0 Å². The number of nitrogens with zero attached hydrogens (tertiary/aromatic N) is 1. The maximum absolute atomic E-state index is 12.2. The number of carbonyl (C=O) groups excluding carboxylic acids is 1. The number of likely N-dealkylation sites (tertiary alicyclic amines) is 1. The van der Waals surface area contributed by atoms with Crippen LogP contribution in [0.25, 0.3) is 0 Å². The number of halogens is 1. The number of carbonyl (C=O) groups is 1. The Hall–Kier alpha value is -0.0500. The lowest BCUT2D eigenvalue weighted by molar-refractivity contribution is -0.141. The molecule has 1 aliphatic heterocycles. The zero-order valence-electron chi connectivity index (χ0n) is 10.1. The summed E-state index contributed by atoms with van der Waals surface area (Å²) in [5.74, 6) is 0.300. The molecular weight excluding hydrogens is 254 g/mol. The summed E-state index contributed by atoms with van der Waals surface area (Å²) in [5, 5.41) is 0.912. The Bertz CT molecular complexity index is 222. The molecule has 1 rings (SSSR count). The van der Waals surface area contributed by atoms with E-state index in [0.29, 0.717) is 11.9 Å². The average molecular weight is 276 g/mol. The first-order valence-corrected chi connectivity index (χ1v) is 6.96. The van der Waals surface area contributed by atoms with Crippen molar-refractivity contribution < 1.29 is 4.79 Å². The van der Waals surface area contributed by atoms with Crippen LogP contribution in [0.4, 0.5) is 0 Å². The van der Waals surface area contributed by atoms with Crippen LogP contribution in [-0.4, -0.2) is 28.7 Å². The van der Waals surface area contributed by atoms with Crippen LogP contribution in [-0.2, 0) is 4.79 Å². The van der Waals surface area contributed by atoms with E-state index in [2.05, 4.69) is 20.8 Å². The van der Waals surface area contributed by atoms with E-state index in [0.717, 1.165) is 24.7 Å². The molecule has 0 radical (unpaired) electrons. The minimum absolute atomic E-state index is 0.245. The lowest BCUT2D eigenvalue weighted by Crippen LogP contribution is -2.46. The highest BCUT2D eigenvalue weighted by Crippen LogP contribution is 2.25. The van der Waals surface area contributed by atoms with Crippen molar-refractivity contribution in [1.29, 1.82) is 0 Å². The molecule has 15 heavy (non-hydrogen) atoms. The van der Waals surface area contributed by atoms with Crippen molar-refractivity contribution in [3.05, 3.63) is 0 Å². The van der Waals surface area contributed by atoms with Gasteiger partial charge >= 0.3 is 0 Å². The highest BCUT2D eigenvalue weighted by atomic mass is 79.9. The fraction of sp³-hybridized carbons (Fsp3) is 0.917. The van der Waals surface area contributed by atoms with E-state index in [1.807, 2.05) is 20.8 Å². The van der Waals surface area contributed by atoms with Crippen molar-refractivity contribution in [3.8, 4) is 0 Å². The third kappa shape index (κ3) is 3.47. The molecule has 0 aliphatic carbocycles. The minimum atomic E-state index is -0.245. The summed E-state index contributed by atoms with van der Waals surface area (Å²) in [7, 11) is 0. The van der Waals surface area contributed by atoms with Gasteiger partial charge in [0, 0.05) is 23.3 Å². The van der Waals surface area contributed by atoms with Crippen LogP contribution < -0.4 is 0 Å². The molecule has 1 aliphatic rings. The van der Waals surface area contributed by atoms with Gasteiger partial charge < -0.3 is 4.90 Å². The second-order valence-corrected chi connectivity index (χ2v) is 6.05. The van der Waals surface area contributed by atoms with Crippen molar-refractivity contribution in [2.45, 2.75) is 52.5 Å². The number of hydrogen-bond acceptors (Lipinski definition) is 1. The van der Waals surface area contributed by atoms with Gasteiger partial charge in [0.05, 0.1) is 0 Å². The molecule has 2 nitrogen and oxygen atoms in total. The van der Waals surface area contributed by atoms with Gasteiger partial charge in [-0.3, -0.25) is 4.79 Å². The minimum Gasteiger partial charge on any atom is -0.338 e. The molecule has 0 bridgehead atoms. The summed E-state index contributed by atoms with van der Waals surface area (Å²) in [6.45, 7) is 6.95. The van der Waals surface area contributed by atoms with E-state index in [-0.39, 0.29) is 5.41 Å². The molecule has 0 N–H and O–H groups in total. The van der Waals surface area contributed by atoms with Crippen LogP contribution in [0.2, 0.25) is 0 Å². The van der Waals surface area contributed by atoms with E-state index in [4.69, 9.17) is 0 Å². The van der Waals surface area contributed by atoms with E-state index < -0.39 is 0 Å². The Balaban J connectivity index is 2.74. The van der Waals surface area contributed by atoms with Crippen LogP contribution in [0, 0.1) is 5.41 Å². The van der Waals surface area contributed by atoms with E-state index >= 15 is 0 Å². The van der Waals surface area contributed by atoms with Crippen LogP contribution in [0.5, 0.6) is 0 Å². The summed E-state index contributed by atoms with van der Waals surface area (Å²) in [6, 6.07) is 0.402. The smallest absolute Gasteiger partial charge is 0.228 e. The van der Waals surface area contributed by atoms with Gasteiger partial charge in [-0.1, -0.05) is 49.5 Å². The largest absolute Gasteiger partial charge is 0.338 e. The maximum Gasteiger partial charge on any atom is 0.228 e. The van der Waals surface area contributed by atoms with Crippen molar-refractivity contribution in [3.63, 3.8) is 0 Å². The van der Waals surface area contributed by atoms with Crippen molar-refractivity contribution in [2.75, 3.05) is 11.9 Å². The van der Waals surface area contributed by atoms with Gasteiger partial charge in [0.1, 0.15) is 0 Å². The van der Waals surface area contributed by atoms with Crippen LogP contribution in [0.1, 0.15) is 46.5 Å². The van der Waals surface area contributed by atoms with Gasteiger partial charge in [0.2, 0.25) is 5.91 Å². The first kappa shape index (κ1) is 13.0. The van der Waals surface area contributed by atoms with Gasteiger partial charge in [-0.15, -0.1) is 0 Å². The molecule has 1 saturated heterocycles. The zero-order valence-corrected chi connectivity index (χ0v) is 11.6. The average Bonchev–Trinajstić information content (AvgIpc) is 2.39. The standard InChI is InChI=1S/C12H22BrNO/c1-12(2,3)11(15)14-8-6-4-5-7-10(14)9-13/h10H,4-9H2,1-3H3. The summed E-state index contributed by atoms with van der Waals surface area (Å²) >= 11 is 3.53. The Morgan fingerprint density at radius 1 is 1.33 bits per heavy atom. The number of amides is 1. The molecule has 1 atom stereocenters. The molecule has 0 aromatic heterocycles. The summed E-state index contributed by atoms with van der Waals surface area (Å²) in [6.07, 6.45) is 4.82. The lowest BCUT2D eigenvalue weighted by atomic mass is 9.94. The Morgan fingerprint density at radius 3 is 2.53 bits per heavy atom. The fourth-order valence-electron chi connectivity index (χ4n) is 2.04. The van der Waals surface area contributed by atoms with Crippen LogP contribution >= 0.6 is 15.9 Å². The number of hydrogen-bond donors (Lipinski definition) is 0. The first-order chi connectivity index (χ1) is 6.96. The molecule has 0 aromatic carbocycles. The van der Waals surface area contributed by atoms with Gasteiger partial charge in [-0.2, -0.15) is 0 Å². The summed E-state index contributed by atoms with van der Waals surface area (Å²) in [5.41, 5.74) is -0.245. The van der Waals surface area contributed by atoms with E-state index in [9.17, 15) is 4.79 Å². The summed E-state index contributed by atoms with van der Waals surface area (Å²) < 4.78 is 0. The highest BCUT2D eigenvalue weighted by molar-refractivity contribution is 9.09. The third-order valence-electron chi connectivity index (χ3n) is 2.96. The normalized spacial score (nSPS) is 23.7. The van der Waals surface area contributed by atoms with Crippen molar-refractivity contribution in [2.24, 2.45) is 5.41 Å². The van der Waals surface area contributed by atoms with Crippen molar-refractivity contribution >= 4 is 21.8 Å². The lowest BCUT2D eigenvalue weighted by Gasteiger charge is -2.34. The molecule has 0 saturated carbocycles. The molecule has 0 aromatic rings. The molecule has 1 heterocycles. The Kier molecular flexibility index (Phi) is 4.63. The topological polar surface area (TPSA) is 20.3 Å². The zero-order chi connectivity index (χ0) is 11.5. The van der Waals surface area contributed by atoms with Gasteiger partial charge in [-0.05, 0) is 12.8 Å². The summed E-state index contributed by atoms with van der Waals surface area (Å²) in [4.78, 5) is 14.3. The monoisotopic (exact) mass is 275 g/mol. The first-order valence-electron chi connectivity index (χ1n) is 5.84. The van der Waals surface area contributed by atoms with Crippen LogP contribution in [0.15, 0.2) is 0 Å². The Labute approximate surface area is 102 Å². The van der Waals surface area contributed by atoms with E-state index in [1.165, 1.54) is 12.8 Å². The molecule has 0 spiro atoms. The number of alkyl halides is 1. The molecular formula is C12H22BrNO. The second kappa shape index (κ2) is 5.33. The number of rotatable bonds is 1. The fourth-order valence-corrected chi connectivity index (χ4v) is 2.71.